The SMILES string of the molecule is C=[C]C1(C(F)=C(F)F)CC1Cl. The maximum atomic E-state index is 12.6. The van der Waals surface area contributed by atoms with E-state index in [9.17, 15) is 13.2 Å². The summed E-state index contributed by atoms with van der Waals surface area (Å²) in [6.07, 6.45) is 0.0131. The van der Waals surface area contributed by atoms with Crippen LogP contribution in [0, 0.1) is 11.5 Å². The van der Waals surface area contributed by atoms with Gasteiger partial charge in [-0.25, -0.2) is 4.39 Å². The van der Waals surface area contributed by atoms with Gasteiger partial charge in [0, 0.05) is 0 Å². The summed E-state index contributed by atoms with van der Waals surface area (Å²) in [5.41, 5.74) is -1.40. The van der Waals surface area contributed by atoms with Crippen molar-refractivity contribution in [3.63, 3.8) is 0 Å². The molecule has 1 aliphatic carbocycles. The predicted octanol–water partition coefficient (Wildman–Crippen LogP) is 3.05. The topological polar surface area (TPSA) is 0 Å². The second kappa shape index (κ2) is 2.55. The molecule has 0 amide bonds. The number of halogens is 4. The van der Waals surface area contributed by atoms with Crippen LogP contribution in [-0.2, 0) is 0 Å². The smallest absolute Gasteiger partial charge is 0.205 e. The lowest BCUT2D eigenvalue weighted by atomic mass is 10.1. The molecule has 61 valence electrons. The summed E-state index contributed by atoms with van der Waals surface area (Å²) in [4.78, 5) is 0. The quantitative estimate of drug-likeness (QED) is 0.575. The number of hydrogen-bond donors (Lipinski definition) is 0. The molecular weight excluding hydrogens is 177 g/mol. The van der Waals surface area contributed by atoms with Crippen molar-refractivity contribution in [3.05, 3.63) is 24.6 Å². The van der Waals surface area contributed by atoms with Gasteiger partial charge in [-0.3, -0.25) is 0 Å². The Morgan fingerprint density at radius 3 is 2.09 bits per heavy atom. The fourth-order valence-corrected chi connectivity index (χ4v) is 1.30. The number of alkyl halides is 1. The summed E-state index contributed by atoms with van der Waals surface area (Å²) in [5.74, 6) is -1.49. The van der Waals surface area contributed by atoms with Crippen LogP contribution < -0.4 is 0 Å². The van der Waals surface area contributed by atoms with Crippen molar-refractivity contribution in [3.8, 4) is 0 Å². The number of rotatable bonds is 2. The third-order valence-electron chi connectivity index (χ3n) is 1.75. The van der Waals surface area contributed by atoms with Crippen molar-refractivity contribution in [2.75, 3.05) is 0 Å². The van der Waals surface area contributed by atoms with E-state index < -0.39 is 22.7 Å². The van der Waals surface area contributed by atoms with E-state index in [4.69, 9.17) is 11.6 Å². The Morgan fingerprint density at radius 2 is 2.00 bits per heavy atom. The standard InChI is InChI=1S/C7H5ClF3/c1-2-7(3-4(7)8)5(9)6(10)11/h4H,1,3H2. The third-order valence-corrected chi connectivity index (χ3v) is 2.28. The lowest BCUT2D eigenvalue weighted by molar-refractivity contribution is 0.348. The lowest BCUT2D eigenvalue weighted by Crippen LogP contribution is -2.01. The average Bonchev–Trinajstić information content (AvgIpc) is 2.61. The Labute approximate surface area is 67.3 Å². The summed E-state index contributed by atoms with van der Waals surface area (Å²) in [5, 5.41) is -0.624. The zero-order valence-electron chi connectivity index (χ0n) is 5.50. The molecule has 0 aromatic rings. The van der Waals surface area contributed by atoms with Gasteiger partial charge in [-0.1, -0.05) is 6.58 Å². The first-order valence-electron chi connectivity index (χ1n) is 2.94. The summed E-state index contributed by atoms with van der Waals surface area (Å²) >= 11 is 5.44. The predicted molar refractivity (Wildman–Crippen MR) is 35.9 cm³/mol. The van der Waals surface area contributed by atoms with Crippen LogP contribution in [0.15, 0.2) is 18.5 Å². The number of hydrogen-bond acceptors (Lipinski definition) is 0. The van der Waals surface area contributed by atoms with Crippen LogP contribution in [0.4, 0.5) is 13.2 Å². The minimum absolute atomic E-state index is 0.154. The largest absolute Gasteiger partial charge is 0.302 e. The van der Waals surface area contributed by atoms with E-state index in [-0.39, 0.29) is 6.42 Å². The van der Waals surface area contributed by atoms with Crippen molar-refractivity contribution < 1.29 is 13.2 Å². The molecule has 1 fully saturated rings. The molecule has 2 atom stereocenters. The molecule has 1 radical (unpaired) electrons. The zero-order valence-corrected chi connectivity index (χ0v) is 6.26. The molecule has 0 nitrogen and oxygen atoms in total. The van der Waals surface area contributed by atoms with Crippen molar-refractivity contribution >= 4 is 11.6 Å². The molecule has 0 saturated heterocycles. The highest BCUT2D eigenvalue weighted by Crippen LogP contribution is 2.57. The molecule has 0 N–H and O–H groups in total. The van der Waals surface area contributed by atoms with Gasteiger partial charge in [0.2, 0.25) is 0 Å². The Hall–Kier alpha value is -0.440. The molecule has 1 saturated carbocycles. The molecule has 0 aromatic heterocycles. The van der Waals surface area contributed by atoms with Crippen molar-refractivity contribution in [1.82, 2.24) is 0 Å². The average molecular weight is 182 g/mol. The van der Waals surface area contributed by atoms with Gasteiger partial charge in [-0.05, 0) is 12.5 Å². The van der Waals surface area contributed by atoms with Crippen molar-refractivity contribution in [1.29, 1.82) is 0 Å². The van der Waals surface area contributed by atoms with Gasteiger partial charge < -0.3 is 0 Å². The van der Waals surface area contributed by atoms with Gasteiger partial charge in [0.05, 0.1) is 10.8 Å². The van der Waals surface area contributed by atoms with E-state index in [1.165, 1.54) is 0 Å². The Bertz CT molecular complexity index is 220. The van der Waals surface area contributed by atoms with E-state index in [2.05, 4.69) is 12.7 Å². The van der Waals surface area contributed by atoms with Gasteiger partial charge in [0.15, 0.2) is 5.83 Å². The minimum Gasteiger partial charge on any atom is -0.205 e. The van der Waals surface area contributed by atoms with E-state index in [0.29, 0.717) is 0 Å². The van der Waals surface area contributed by atoms with Crippen LogP contribution in [0.2, 0.25) is 0 Å². The highest BCUT2D eigenvalue weighted by atomic mass is 35.5. The summed E-state index contributed by atoms with van der Waals surface area (Å²) in [6, 6.07) is 0. The molecule has 0 heterocycles. The van der Waals surface area contributed by atoms with Gasteiger partial charge in [-0.2, -0.15) is 8.78 Å². The van der Waals surface area contributed by atoms with Gasteiger partial charge in [0.25, 0.3) is 0 Å². The molecule has 2 unspecified atom stereocenters. The van der Waals surface area contributed by atoms with Gasteiger partial charge in [0.1, 0.15) is 0 Å². The third kappa shape index (κ3) is 1.18. The minimum atomic E-state index is -2.33. The monoisotopic (exact) mass is 181 g/mol. The fraction of sp³-hybridized carbons (Fsp3) is 0.429. The van der Waals surface area contributed by atoms with Gasteiger partial charge >= 0.3 is 6.08 Å². The van der Waals surface area contributed by atoms with Gasteiger partial charge in [-0.15, -0.1) is 11.6 Å². The highest BCUT2D eigenvalue weighted by molar-refractivity contribution is 6.23. The van der Waals surface area contributed by atoms with Crippen LogP contribution in [0.1, 0.15) is 6.42 Å². The molecule has 0 bridgehead atoms. The van der Waals surface area contributed by atoms with Crippen LogP contribution in [-0.4, -0.2) is 5.38 Å². The lowest BCUT2D eigenvalue weighted by Gasteiger charge is -2.03. The second-order valence-corrected chi connectivity index (χ2v) is 2.92. The Balaban J connectivity index is 2.90. The maximum absolute atomic E-state index is 12.6. The fourth-order valence-electron chi connectivity index (χ4n) is 0.880. The first-order valence-corrected chi connectivity index (χ1v) is 3.38. The second-order valence-electron chi connectivity index (χ2n) is 2.39. The van der Waals surface area contributed by atoms with Crippen LogP contribution in [0.25, 0.3) is 0 Å². The Morgan fingerprint density at radius 1 is 1.55 bits per heavy atom. The molecule has 0 aromatic carbocycles. The van der Waals surface area contributed by atoms with Crippen LogP contribution in [0.3, 0.4) is 0 Å². The summed E-state index contributed by atoms with van der Waals surface area (Å²) in [6.45, 7) is 3.13. The molecular formula is C7H5ClF3. The number of allylic oxidation sites excluding steroid dienone is 2. The molecule has 11 heavy (non-hydrogen) atoms. The molecule has 0 spiro atoms. The summed E-state index contributed by atoms with van der Waals surface area (Å²) < 4.78 is 36.0. The summed E-state index contributed by atoms with van der Waals surface area (Å²) in [7, 11) is 0. The van der Waals surface area contributed by atoms with E-state index in [1.807, 2.05) is 0 Å². The first-order chi connectivity index (χ1) is 5.04. The van der Waals surface area contributed by atoms with Crippen molar-refractivity contribution in [2.24, 2.45) is 5.41 Å². The maximum Gasteiger partial charge on any atom is 0.302 e. The zero-order chi connectivity index (χ0) is 8.65. The van der Waals surface area contributed by atoms with Crippen LogP contribution >= 0.6 is 11.6 Å². The molecule has 4 heteroatoms. The van der Waals surface area contributed by atoms with E-state index >= 15 is 0 Å². The van der Waals surface area contributed by atoms with Crippen LogP contribution in [0.5, 0.6) is 0 Å². The molecule has 1 aliphatic rings. The van der Waals surface area contributed by atoms with E-state index in [1.54, 1.807) is 0 Å². The van der Waals surface area contributed by atoms with Crippen molar-refractivity contribution in [2.45, 2.75) is 11.8 Å². The van der Waals surface area contributed by atoms with E-state index in [0.717, 1.165) is 0 Å². The Kier molecular flexibility index (Phi) is 2.01. The highest BCUT2D eigenvalue weighted by Gasteiger charge is 2.57. The molecule has 0 aliphatic heterocycles. The first kappa shape index (κ1) is 8.65. The molecule has 1 rings (SSSR count). The normalized spacial score (nSPS) is 34.7.